The van der Waals surface area contributed by atoms with E-state index in [1.165, 1.54) is 12.8 Å². The Morgan fingerprint density at radius 2 is 2.56 bits per heavy atom. The van der Waals surface area contributed by atoms with Crippen LogP contribution < -0.4 is 10.2 Å². The van der Waals surface area contributed by atoms with Crippen LogP contribution >= 0.6 is 0 Å². The van der Waals surface area contributed by atoms with E-state index in [2.05, 4.69) is 26.3 Å². The van der Waals surface area contributed by atoms with Crippen LogP contribution in [0.1, 0.15) is 12.8 Å². The standard InChI is InChI=1S/C12H20N4/c1-3-7-15-9-6-14-12(15)16-8-4-5-11(10-16)13-2/h3,6,9,11,13H,1,4-5,7-8,10H2,2H3. The zero-order valence-corrected chi connectivity index (χ0v) is 9.89. The Kier molecular flexibility index (Phi) is 3.62. The first-order chi connectivity index (χ1) is 7.85. The number of rotatable bonds is 4. The van der Waals surface area contributed by atoms with Crippen molar-refractivity contribution in [1.29, 1.82) is 0 Å². The maximum atomic E-state index is 4.44. The highest BCUT2D eigenvalue weighted by atomic mass is 15.3. The molecule has 4 heteroatoms. The van der Waals surface area contributed by atoms with Gasteiger partial charge in [0.15, 0.2) is 0 Å². The zero-order chi connectivity index (χ0) is 11.4. The minimum absolute atomic E-state index is 0.586. The molecule has 0 spiro atoms. The monoisotopic (exact) mass is 220 g/mol. The van der Waals surface area contributed by atoms with Gasteiger partial charge in [0.2, 0.25) is 5.95 Å². The molecule has 0 aromatic carbocycles. The summed E-state index contributed by atoms with van der Waals surface area (Å²) in [7, 11) is 2.03. The van der Waals surface area contributed by atoms with Crippen molar-refractivity contribution in [1.82, 2.24) is 14.9 Å². The van der Waals surface area contributed by atoms with Crippen molar-refractivity contribution in [3.05, 3.63) is 25.0 Å². The van der Waals surface area contributed by atoms with Crippen LogP contribution in [0.25, 0.3) is 0 Å². The van der Waals surface area contributed by atoms with Gasteiger partial charge in [0.05, 0.1) is 0 Å². The zero-order valence-electron chi connectivity index (χ0n) is 9.89. The smallest absolute Gasteiger partial charge is 0.205 e. The van der Waals surface area contributed by atoms with Crippen molar-refractivity contribution in [3.8, 4) is 0 Å². The predicted molar refractivity (Wildman–Crippen MR) is 66.7 cm³/mol. The number of hydrogen-bond acceptors (Lipinski definition) is 3. The van der Waals surface area contributed by atoms with Gasteiger partial charge in [-0.05, 0) is 19.9 Å². The Morgan fingerprint density at radius 3 is 3.31 bits per heavy atom. The summed E-state index contributed by atoms with van der Waals surface area (Å²) in [6.45, 7) is 6.75. The number of aromatic nitrogens is 2. The van der Waals surface area contributed by atoms with E-state index >= 15 is 0 Å². The molecule has 2 rings (SSSR count). The molecule has 0 aliphatic carbocycles. The molecule has 1 N–H and O–H groups in total. The Labute approximate surface area is 97.0 Å². The van der Waals surface area contributed by atoms with Gasteiger partial charge in [-0.15, -0.1) is 6.58 Å². The van der Waals surface area contributed by atoms with E-state index in [1.807, 2.05) is 25.5 Å². The number of likely N-dealkylation sites (N-methyl/N-ethyl adjacent to an activating group) is 1. The Hall–Kier alpha value is -1.29. The van der Waals surface area contributed by atoms with Gasteiger partial charge in [0.25, 0.3) is 0 Å². The fraction of sp³-hybridized carbons (Fsp3) is 0.583. The number of nitrogens with zero attached hydrogens (tertiary/aromatic N) is 3. The molecule has 0 saturated carbocycles. The van der Waals surface area contributed by atoms with E-state index in [9.17, 15) is 0 Å². The third-order valence-corrected chi connectivity index (χ3v) is 3.13. The molecule has 1 saturated heterocycles. The van der Waals surface area contributed by atoms with Crippen LogP contribution in [-0.4, -0.2) is 35.7 Å². The van der Waals surface area contributed by atoms with Gasteiger partial charge in [-0.25, -0.2) is 4.98 Å². The van der Waals surface area contributed by atoms with Gasteiger partial charge in [0, 0.05) is 38.1 Å². The molecule has 2 heterocycles. The summed E-state index contributed by atoms with van der Waals surface area (Å²) in [5.74, 6) is 1.07. The average molecular weight is 220 g/mol. The van der Waals surface area contributed by atoms with Gasteiger partial charge in [-0.1, -0.05) is 6.08 Å². The number of piperidine rings is 1. The van der Waals surface area contributed by atoms with Crippen LogP contribution in [0, 0.1) is 0 Å². The largest absolute Gasteiger partial charge is 0.341 e. The maximum absolute atomic E-state index is 4.44. The van der Waals surface area contributed by atoms with E-state index in [1.54, 1.807) is 0 Å². The minimum atomic E-state index is 0.586. The summed E-state index contributed by atoms with van der Waals surface area (Å²) in [5.41, 5.74) is 0. The molecule has 1 aromatic heterocycles. The lowest BCUT2D eigenvalue weighted by Crippen LogP contribution is -2.45. The Morgan fingerprint density at radius 1 is 1.69 bits per heavy atom. The first-order valence-corrected chi connectivity index (χ1v) is 5.89. The van der Waals surface area contributed by atoms with E-state index in [4.69, 9.17) is 0 Å². The first kappa shape index (κ1) is 11.2. The van der Waals surface area contributed by atoms with E-state index in [-0.39, 0.29) is 0 Å². The number of nitrogens with one attached hydrogen (secondary N) is 1. The van der Waals surface area contributed by atoms with E-state index in [0.717, 1.165) is 25.6 Å². The van der Waals surface area contributed by atoms with Crippen LogP contribution in [0.3, 0.4) is 0 Å². The van der Waals surface area contributed by atoms with Crippen LogP contribution in [0.2, 0.25) is 0 Å². The summed E-state index contributed by atoms with van der Waals surface area (Å²) < 4.78 is 2.14. The van der Waals surface area contributed by atoms with Crippen molar-refractivity contribution in [2.45, 2.75) is 25.4 Å². The SMILES string of the molecule is C=CCn1ccnc1N1CCCC(NC)C1. The van der Waals surface area contributed by atoms with Crippen LogP contribution in [0.4, 0.5) is 5.95 Å². The van der Waals surface area contributed by atoms with Gasteiger partial charge in [0.1, 0.15) is 0 Å². The van der Waals surface area contributed by atoms with Crippen LogP contribution in [-0.2, 0) is 6.54 Å². The number of imidazole rings is 1. The molecule has 0 amide bonds. The molecular formula is C12H20N4. The lowest BCUT2D eigenvalue weighted by Gasteiger charge is -2.33. The number of allylic oxidation sites excluding steroid dienone is 1. The predicted octanol–water partition coefficient (Wildman–Crippen LogP) is 1.26. The van der Waals surface area contributed by atoms with E-state index < -0.39 is 0 Å². The third-order valence-electron chi connectivity index (χ3n) is 3.13. The third kappa shape index (κ3) is 2.27. The molecular weight excluding hydrogens is 200 g/mol. The molecule has 1 unspecified atom stereocenters. The van der Waals surface area contributed by atoms with Crippen molar-refractivity contribution in [2.24, 2.45) is 0 Å². The minimum Gasteiger partial charge on any atom is -0.341 e. The second-order valence-electron chi connectivity index (χ2n) is 4.24. The second kappa shape index (κ2) is 5.16. The first-order valence-electron chi connectivity index (χ1n) is 5.89. The molecule has 1 aromatic rings. The molecule has 0 bridgehead atoms. The summed E-state index contributed by atoms with van der Waals surface area (Å²) in [4.78, 5) is 6.80. The Balaban J connectivity index is 2.10. The van der Waals surface area contributed by atoms with Crippen molar-refractivity contribution in [2.75, 3.05) is 25.0 Å². The highest BCUT2D eigenvalue weighted by Gasteiger charge is 2.21. The summed E-state index contributed by atoms with van der Waals surface area (Å²) in [5, 5.41) is 3.35. The quantitative estimate of drug-likeness (QED) is 0.775. The highest BCUT2D eigenvalue weighted by molar-refractivity contribution is 5.32. The summed E-state index contributed by atoms with van der Waals surface area (Å²) in [6, 6.07) is 0.586. The topological polar surface area (TPSA) is 33.1 Å². The van der Waals surface area contributed by atoms with Crippen molar-refractivity contribution < 1.29 is 0 Å². The molecule has 1 atom stereocenters. The Bertz CT molecular complexity index is 345. The molecule has 1 aliphatic heterocycles. The second-order valence-corrected chi connectivity index (χ2v) is 4.24. The maximum Gasteiger partial charge on any atom is 0.205 e. The van der Waals surface area contributed by atoms with Crippen LogP contribution in [0.15, 0.2) is 25.0 Å². The highest BCUT2D eigenvalue weighted by Crippen LogP contribution is 2.18. The fourth-order valence-corrected chi connectivity index (χ4v) is 2.26. The van der Waals surface area contributed by atoms with Crippen LogP contribution in [0.5, 0.6) is 0 Å². The number of hydrogen-bond donors (Lipinski definition) is 1. The fourth-order valence-electron chi connectivity index (χ4n) is 2.26. The van der Waals surface area contributed by atoms with Crippen molar-refractivity contribution in [3.63, 3.8) is 0 Å². The number of anilines is 1. The molecule has 88 valence electrons. The van der Waals surface area contributed by atoms with E-state index in [0.29, 0.717) is 6.04 Å². The lowest BCUT2D eigenvalue weighted by atomic mass is 10.1. The van der Waals surface area contributed by atoms with Gasteiger partial charge in [-0.3, -0.25) is 0 Å². The van der Waals surface area contributed by atoms with Gasteiger partial charge in [-0.2, -0.15) is 0 Å². The molecule has 16 heavy (non-hydrogen) atoms. The summed E-state index contributed by atoms with van der Waals surface area (Å²) >= 11 is 0. The van der Waals surface area contributed by atoms with Gasteiger partial charge >= 0.3 is 0 Å². The molecule has 1 fully saturated rings. The summed E-state index contributed by atoms with van der Waals surface area (Å²) in [6.07, 6.45) is 8.27. The molecule has 4 nitrogen and oxygen atoms in total. The molecule has 0 radical (unpaired) electrons. The van der Waals surface area contributed by atoms with Gasteiger partial charge < -0.3 is 14.8 Å². The van der Waals surface area contributed by atoms with Crippen molar-refractivity contribution >= 4 is 5.95 Å². The average Bonchev–Trinajstić information content (AvgIpc) is 2.78. The molecule has 1 aliphatic rings. The normalized spacial score (nSPS) is 21.1. The lowest BCUT2D eigenvalue weighted by molar-refractivity contribution is 0.442.